The number of nitrogens with zero attached hydrogens (tertiary/aromatic N) is 1. The van der Waals surface area contributed by atoms with Gasteiger partial charge in [0.25, 0.3) is 0 Å². The molecule has 4 nitrogen and oxygen atoms in total. The van der Waals surface area contributed by atoms with Crippen LogP contribution in [-0.4, -0.2) is 22.8 Å². The predicted molar refractivity (Wildman–Crippen MR) is 103 cm³/mol. The Morgan fingerprint density at radius 1 is 1.00 bits per heavy atom. The van der Waals surface area contributed by atoms with Crippen LogP contribution in [-0.2, 0) is 17.5 Å². The van der Waals surface area contributed by atoms with E-state index in [2.05, 4.69) is 0 Å². The fourth-order valence-electron chi connectivity index (χ4n) is 3.65. The normalized spacial score (nSPS) is 11.9. The van der Waals surface area contributed by atoms with Crippen molar-refractivity contribution in [2.75, 3.05) is 7.11 Å². The molecule has 3 aromatic carbocycles. The second-order valence-electron chi connectivity index (χ2n) is 6.65. The Morgan fingerprint density at radius 3 is 2.34 bits per heavy atom. The van der Waals surface area contributed by atoms with E-state index in [-0.39, 0.29) is 17.9 Å². The van der Waals surface area contributed by atoms with Crippen molar-refractivity contribution in [1.29, 1.82) is 0 Å². The van der Waals surface area contributed by atoms with Crippen LogP contribution >= 0.6 is 0 Å². The first-order chi connectivity index (χ1) is 13.8. The Morgan fingerprint density at radius 2 is 1.66 bits per heavy atom. The lowest BCUT2D eigenvalue weighted by molar-refractivity contribution is -0.137. The van der Waals surface area contributed by atoms with Crippen molar-refractivity contribution >= 4 is 27.8 Å². The fourth-order valence-corrected chi connectivity index (χ4v) is 3.65. The molecule has 0 radical (unpaired) electrons. The van der Waals surface area contributed by atoms with Gasteiger partial charge in [0.15, 0.2) is 0 Å². The largest absolute Gasteiger partial charge is 0.507 e. The third kappa shape index (κ3) is 3.18. The average molecular weight is 399 g/mol. The molecule has 0 aliphatic heterocycles. The number of ether oxygens (including phenoxy) is 1. The maximum atomic E-state index is 13.1. The van der Waals surface area contributed by atoms with Crippen molar-refractivity contribution in [2.45, 2.75) is 12.7 Å². The first-order valence-corrected chi connectivity index (χ1v) is 8.78. The quantitative estimate of drug-likeness (QED) is 0.472. The number of hydrogen-bond acceptors (Lipinski definition) is 3. The highest BCUT2D eigenvalue weighted by Crippen LogP contribution is 2.38. The SMILES string of the molecule is COC(=O)c1cccc2c1c1c(O)cccc1n2Cc1cccc(C(F)(F)F)c1. The first kappa shape index (κ1) is 18.9. The molecule has 0 atom stereocenters. The van der Waals surface area contributed by atoms with Gasteiger partial charge in [-0.15, -0.1) is 0 Å². The Bertz CT molecular complexity index is 1240. The smallest absolute Gasteiger partial charge is 0.416 e. The second kappa shape index (κ2) is 6.84. The van der Waals surface area contributed by atoms with Crippen LogP contribution in [0.2, 0.25) is 0 Å². The van der Waals surface area contributed by atoms with Crippen LogP contribution in [0.4, 0.5) is 13.2 Å². The molecule has 7 heteroatoms. The van der Waals surface area contributed by atoms with E-state index in [0.29, 0.717) is 27.4 Å². The van der Waals surface area contributed by atoms with Crippen LogP contribution in [0.15, 0.2) is 60.7 Å². The van der Waals surface area contributed by atoms with Gasteiger partial charge in [0.1, 0.15) is 5.75 Å². The van der Waals surface area contributed by atoms with Crippen molar-refractivity contribution in [2.24, 2.45) is 0 Å². The van der Waals surface area contributed by atoms with Gasteiger partial charge in [-0.1, -0.05) is 24.3 Å². The van der Waals surface area contributed by atoms with E-state index in [9.17, 15) is 23.1 Å². The summed E-state index contributed by atoms with van der Waals surface area (Å²) in [5.74, 6) is -0.580. The van der Waals surface area contributed by atoms with Crippen molar-refractivity contribution < 1.29 is 27.8 Å². The van der Waals surface area contributed by atoms with Gasteiger partial charge in [0, 0.05) is 11.9 Å². The molecule has 0 amide bonds. The number of fused-ring (bicyclic) bond motifs is 3. The monoisotopic (exact) mass is 399 g/mol. The summed E-state index contributed by atoms with van der Waals surface area (Å²) in [5.41, 5.74) is 1.22. The number of phenolic OH excluding ortho intramolecular Hbond substituents is 1. The molecular weight excluding hydrogens is 383 g/mol. The average Bonchev–Trinajstić information content (AvgIpc) is 3.02. The summed E-state index contributed by atoms with van der Waals surface area (Å²) in [6.45, 7) is 0.137. The zero-order chi connectivity index (χ0) is 20.8. The van der Waals surface area contributed by atoms with Gasteiger partial charge >= 0.3 is 12.1 Å². The number of aromatic hydroxyl groups is 1. The lowest BCUT2D eigenvalue weighted by Crippen LogP contribution is -2.07. The molecule has 1 heterocycles. The zero-order valence-corrected chi connectivity index (χ0v) is 15.3. The highest BCUT2D eigenvalue weighted by molar-refractivity contribution is 6.19. The lowest BCUT2D eigenvalue weighted by Gasteiger charge is -2.11. The third-order valence-corrected chi connectivity index (χ3v) is 4.89. The van der Waals surface area contributed by atoms with Crippen LogP contribution < -0.4 is 0 Å². The zero-order valence-electron chi connectivity index (χ0n) is 15.3. The van der Waals surface area contributed by atoms with E-state index >= 15 is 0 Å². The first-order valence-electron chi connectivity index (χ1n) is 8.78. The summed E-state index contributed by atoms with van der Waals surface area (Å²) in [6, 6.07) is 15.0. The molecule has 0 saturated heterocycles. The number of hydrogen-bond donors (Lipinski definition) is 1. The highest BCUT2D eigenvalue weighted by Gasteiger charge is 2.30. The number of halogens is 3. The van der Waals surface area contributed by atoms with Crippen molar-refractivity contribution in [3.8, 4) is 5.75 Å². The van der Waals surface area contributed by atoms with E-state index in [1.807, 2.05) is 0 Å². The lowest BCUT2D eigenvalue weighted by atomic mass is 10.1. The number of carbonyl (C=O) groups excluding carboxylic acids is 1. The Balaban J connectivity index is 1.98. The highest BCUT2D eigenvalue weighted by atomic mass is 19.4. The summed E-state index contributed by atoms with van der Waals surface area (Å²) in [5, 5.41) is 11.4. The number of methoxy groups -OCH3 is 1. The van der Waals surface area contributed by atoms with Crippen molar-refractivity contribution in [1.82, 2.24) is 4.57 Å². The Hall–Kier alpha value is -3.48. The molecule has 0 unspecified atom stereocenters. The minimum atomic E-state index is -4.44. The third-order valence-electron chi connectivity index (χ3n) is 4.89. The standard InChI is InChI=1S/C22H16F3NO3/c1-29-21(28)15-7-3-8-16-19(15)20-17(9-4-10-18(20)27)26(16)12-13-5-2-6-14(11-13)22(23,24)25/h2-11,27H,12H2,1H3. The minimum absolute atomic E-state index is 0.0216. The maximum absolute atomic E-state index is 13.1. The molecule has 0 spiro atoms. The van der Waals surface area contributed by atoms with Crippen LogP contribution in [0.5, 0.6) is 5.75 Å². The number of aromatic nitrogens is 1. The Kier molecular flexibility index (Phi) is 4.45. The summed E-state index contributed by atoms with van der Waals surface area (Å²) >= 11 is 0. The van der Waals surface area contributed by atoms with E-state index < -0.39 is 17.7 Å². The maximum Gasteiger partial charge on any atom is 0.416 e. The molecule has 1 N–H and O–H groups in total. The van der Waals surface area contributed by atoms with Gasteiger partial charge in [-0.25, -0.2) is 4.79 Å². The summed E-state index contributed by atoms with van der Waals surface area (Å²) in [4.78, 5) is 12.3. The summed E-state index contributed by atoms with van der Waals surface area (Å²) < 4.78 is 45.9. The fraction of sp³-hybridized carbons (Fsp3) is 0.136. The number of esters is 1. The molecule has 148 valence electrons. The van der Waals surface area contributed by atoms with Crippen LogP contribution in [0.1, 0.15) is 21.5 Å². The van der Waals surface area contributed by atoms with Crippen LogP contribution in [0.3, 0.4) is 0 Å². The number of rotatable bonds is 3. The number of benzene rings is 3. The van der Waals surface area contributed by atoms with E-state index in [1.165, 1.54) is 19.2 Å². The summed E-state index contributed by atoms with van der Waals surface area (Å²) in [6.07, 6.45) is -4.44. The number of alkyl halides is 3. The topological polar surface area (TPSA) is 51.5 Å². The second-order valence-corrected chi connectivity index (χ2v) is 6.65. The van der Waals surface area contributed by atoms with E-state index in [4.69, 9.17) is 4.74 Å². The molecule has 0 aliphatic rings. The van der Waals surface area contributed by atoms with Gasteiger partial charge in [0.2, 0.25) is 0 Å². The predicted octanol–water partition coefficient (Wildman–Crippen LogP) is 5.35. The minimum Gasteiger partial charge on any atom is -0.507 e. The molecule has 29 heavy (non-hydrogen) atoms. The van der Waals surface area contributed by atoms with Crippen molar-refractivity contribution in [3.05, 3.63) is 77.4 Å². The van der Waals surface area contributed by atoms with E-state index in [0.717, 1.165) is 12.1 Å². The van der Waals surface area contributed by atoms with Gasteiger partial charge in [-0.3, -0.25) is 0 Å². The van der Waals surface area contributed by atoms with E-state index in [1.54, 1.807) is 41.0 Å². The molecule has 4 rings (SSSR count). The van der Waals surface area contributed by atoms with Gasteiger partial charge in [0.05, 0.1) is 34.7 Å². The molecule has 0 saturated carbocycles. The molecule has 1 aromatic heterocycles. The molecule has 0 aliphatic carbocycles. The van der Waals surface area contributed by atoms with Gasteiger partial charge in [-0.2, -0.15) is 13.2 Å². The molecule has 0 bridgehead atoms. The van der Waals surface area contributed by atoms with Crippen LogP contribution in [0.25, 0.3) is 21.8 Å². The number of phenols is 1. The number of carbonyl (C=O) groups is 1. The van der Waals surface area contributed by atoms with Gasteiger partial charge < -0.3 is 14.4 Å². The molecule has 0 fully saturated rings. The molecular formula is C22H16F3NO3. The molecule has 4 aromatic rings. The summed E-state index contributed by atoms with van der Waals surface area (Å²) in [7, 11) is 1.27. The Labute approximate surface area is 163 Å². The van der Waals surface area contributed by atoms with Gasteiger partial charge in [-0.05, 0) is 42.0 Å². The van der Waals surface area contributed by atoms with Crippen LogP contribution in [0, 0.1) is 0 Å². The van der Waals surface area contributed by atoms with Crippen molar-refractivity contribution in [3.63, 3.8) is 0 Å².